The van der Waals surface area contributed by atoms with E-state index in [1.165, 1.54) is 0 Å². The molecule has 0 unspecified atom stereocenters. The summed E-state index contributed by atoms with van der Waals surface area (Å²) in [7, 11) is 0. The topological polar surface area (TPSA) is 44.5 Å². The highest BCUT2D eigenvalue weighted by atomic mass is 32.1. The van der Waals surface area contributed by atoms with Gasteiger partial charge in [0.1, 0.15) is 0 Å². The van der Waals surface area contributed by atoms with Crippen LogP contribution in [0.1, 0.15) is 32.1 Å². The molecule has 3 nitrogen and oxygen atoms in total. The summed E-state index contributed by atoms with van der Waals surface area (Å²) in [6.45, 7) is 3.52. The Bertz CT molecular complexity index is 181. The molecular weight excluding hydrogens is 210 g/mol. The standard InChI is InChI=1S/C11H21NO2S/c12-11(15)3-1-2-6-14-9-10-4-7-13-8-5-10/h10H,1-9H2,(H2,12,15). The first kappa shape index (κ1) is 12.9. The van der Waals surface area contributed by atoms with Gasteiger partial charge in [0.15, 0.2) is 0 Å². The Morgan fingerprint density at radius 2 is 2.07 bits per heavy atom. The van der Waals surface area contributed by atoms with E-state index in [0.717, 1.165) is 58.5 Å². The molecule has 0 atom stereocenters. The summed E-state index contributed by atoms with van der Waals surface area (Å²) in [4.78, 5) is 0.611. The lowest BCUT2D eigenvalue weighted by atomic mass is 10.0. The summed E-state index contributed by atoms with van der Waals surface area (Å²) in [5.41, 5.74) is 5.40. The highest BCUT2D eigenvalue weighted by Gasteiger charge is 2.13. The molecule has 1 heterocycles. The maximum absolute atomic E-state index is 5.62. The van der Waals surface area contributed by atoms with Crippen molar-refractivity contribution < 1.29 is 9.47 Å². The first-order valence-electron chi connectivity index (χ1n) is 5.73. The molecule has 0 spiro atoms. The summed E-state index contributed by atoms with van der Waals surface area (Å²) in [5.74, 6) is 0.703. The third-order valence-electron chi connectivity index (χ3n) is 2.66. The summed E-state index contributed by atoms with van der Waals surface area (Å²) < 4.78 is 10.9. The van der Waals surface area contributed by atoms with Gasteiger partial charge < -0.3 is 15.2 Å². The fourth-order valence-corrected chi connectivity index (χ4v) is 1.81. The third-order valence-corrected chi connectivity index (χ3v) is 2.86. The van der Waals surface area contributed by atoms with Gasteiger partial charge in [-0.05, 0) is 38.0 Å². The molecule has 1 aliphatic rings. The Morgan fingerprint density at radius 1 is 1.33 bits per heavy atom. The van der Waals surface area contributed by atoms with E-state index in [1.54, 1.807) is 0 Å². The van der Waals surface area contributed by atoms with Gasteiger partial charge in [-0.15, -0.1) is 0 Å². The average Bonchev–Trinajstić information content (AvgIpc) is 2.24. The molecule has 0 aliphatic carbocycles. The van der Waals surface area contributed by atoms with Gasteiger partial charge in [-0.3, -0.25) is 0 Å². The van der Waals surface area contributed by atoms with Crippen molar-refractivity contribution >= 4 is 17.2 Å². The van der Waals surface area contributed by atoms with Crippen LogP contribution in [0.25, 0.3) is 0 Å². The first-order valence-corrected chi connectivity index (χ1v) is 6.13. The highest BCUT2D eigenvalue weighted by Crippen LogP contribution is 2.14. The normalized spacial score (nSPS) is 17.9. The van der Waals surface area contributed by atoms with E-state index in [4.69, 9.17) is 27.4 Å². The van der Waals surface area contributed by atoms with E-state index in [0.29, 0.717) is 10.9 Å². The largest absolute Gasteiger partial charge is 0.393 e. The molecule has 15 heavy (non-hydrogen) atoms. The number of ether oxygens (including phenoxy) is 2. The van der Waals surface area contributed by atoms with Crippen LogP contribution in [0.5, 0.6) is 0 Å². The van der Waals surface area contributed by atoms with Gasteiger partial charge in [0, 0.05) is 26.4 Å². The molecule has 88 valence electrons. The Labute approximate surface area is 97.3 Å². The maximum Gasteiger partial charge on any atom is 0.0727 e. The Hall–Kier alpha value is -0.190. The van der Waals surface area contributed by atoms with Crippen molar-refractivity contribution in [3.8, 4) is 0 Å². The van der Waals surface area contributed by atoms with Crippen LogP contribution in [0.4, 0.5) is 0 Å². The zero-order valence-electron chi connectivity index (χ0n) is 9.24. The van der Waals surface area contributed by atoms with Crippen LogP contribution in [0, 0.1) is 5.92 Å². The molecule has 0 amide bonds. The molecule has 0 saturated carbocycles. The van der Waals surface area contributed by atoms with Crippen LogP contribution in [0.15, 0.2) is 0 Å². The van der Waals surface area contributed by atoms with E-state index < -0.39 is 0 Å². The molecule has 0 aromatic heterocycles. The number of hydrogen-bond donors (Lipinski definition) is 1. The monoisotopic (exact) mass is 231 g/mol. The second kappa shape index (κ2) is 8.02. The van der Waals surface area contributed by atoms with Crippen molar-refractivity contribution in [3.63, 3.8) is 0 Å². The minimum atomic E-state index is 0.611. The van der Waals surface area contributed by atoms with Crippen molar-refractivity contribution in [2.24, 2.45) is 11.7 Å². The summed E-state index contributed by atoms with van der Waals surface area (Å²) in [5, 5.41) is 0. The Morgan fingerprint density at radius 3 is 2.73 bits per heavy atom. The smallest absolute Gasteiger partial charge is 0.0727 e. The minimum Gasteiger partial charge on any atom is -0.393 e. The molecule has 1 fully saturated rings. The molecular formula is C11H21NO2S. The molecule has 2 N–H and O–H groups in total. The zero-order valence-corrected chi connectivity index (χ0v) is 10.1. The second-order valence-electron chi connectivity index (χ2n) is 4.05. The van der Waals surface area contributed by atoms with E-state index in [-0.39, 0.29) is 0 Å². The van der Waals surface area contributed by atoms with Gasteiger partial charge in [0.25, 0.3) is 0 Å². The Kier molecular flexibility index (Phi) is 6.88. The maximum atomic E-state index is 5.62. The van der Waals surface area contributed by atoms with Crippen LogP contribution in [-0.4, -0.2) is 31.4 Å². The van der Waals surface area contributed by atoms with Crippen LogP contribution < -0.4 is 5.73 Å². The molecule has 0 bridgehead atoms. The third kappa shape index (κ3) is 6.82. The van der Waals surface area contributed by atoms with Crippen molar-refractivity contribution in [2.75, 3.05) is 26.4 Å². The van der Waals surface area contributed by atoms with E-state index >= 15 is 0 Å². The van der Waals surface area contributed by atoms with Gasteiger partial charge in [0.2, 0.25) is 0 Å². The summed E-state index contributed by atoms with van der Waals surface area (Å²) in [6, 6.07) is 0. The first-order chi connectivity index (χ1) is 7.29. The van der Waals surface area contributed by atoms with Crippen LogP contribution in [-0.2, 0) is 9.47 Å². The number of rotatable bonds is 7. The molecule has 0 aromatic rings. The summed E-state index contributed by atoms with van der Waals surface area (Å²) in [6.07, 6.45) is 5.24. The van der Waals surface area contributed by atoms with Gasteiger partial charge in [-0.1, -0.05) is 12.2 Å². The fourth-order valence-electron chi connectivity index (χ4n) is 1.67. The number of hydrogen-bond acceptors (Lipinski definition) is 3. The predicted molar refractivity (Wildman–Crippen MR) is 65.0 cm³/mol. The highest BCUT2D eigenvalue weighted by molar-refractivity contribution is 7.80. The van der Waals surface area contributed by atoms with Crippen molar-refractivity contribution in [2.45, 2.75) is 32.1 Å². The average molecular weight is 231 g/mol. The van der Waals surface area contributed by atoms with Gasteiger partial charge in [-0.25, -0.2) is 0 Å². The quantitative estimate of drug-likeness (QED) is 0.537. The van der Waals surface area contributed by atoms with E-state index in [9.17, 15) is 0 Å². The molecule has 1 rings (SSSR count). The number of thiocarbonyl (C=S) groups is 1. The van der Waals surface area contributed by atoms with Crippen molar-refractivity contribution in [3.05, 3.63) is 0 Å². The van der Waals surface area contributed by atoms with E-state index in [1.807, 2.05) is 0 Å². The SMILES string of the molecule is NC(=S)CCCCOCC1CCOCC1. The number of unbranched alkanes of at least 4 members (excludes halogenated alkanes) is 1. The molecule has 1 aliphatic heterocycles. The molecule has 1 saturated heterocycles. The van der Waals surface area contributed by atoms with Crippen LogP contribution in [0.3, 0.4) is 0 Å². The lowest BCUT2D eigenvalue weighted by Crippen LogP contribution is -2.20. The minimum absolute atomic E-state index is 0.611. The van der Waals surface area contributed by atoms with Crippen molar-refractivity contribution in [1.29, 1.82) is 0 Å². The zero-order chi connectivity index (χ0) is 10.9. The van der Waals surface area contributed by atoms with Gasteiger partial charge in [-0.2, -0.15) is 0 Å². The van der Waals surface area contributed by atoms with Gasteiger partial charge >= 0.3 is 0 Å². The lowest BCUT2D eigenvalue weighted by Gasteiger charge is -2.21. The second-order valence-corrected chi connectivity index (χ2v) is 4.58. The number of nitrogens with two attached hydrogens (primary N) is 1. The predicted octanol–water partition coefficient (Wildman–Crippen LogP) is 1.89. The lowest BCUT2D eigenvalue weighted by molar-refractivity contribution is 0.0199. The van der Waals surface area contributed by atoms with Crippen LogP contribution in [0.2, 0.25) is 0 Å². The Balaban J connectivity index is 1.85. The fraction of sp³-hybridized carbons (Fsp3) is 0.909. The summed E-state index contributed by atoms with van der Waals surface area (Å²) >= 11 is 4.80. The molecule has 0 radical (unpaired) electrons. The molecule has 4 heteroatoms. The molecule has 0 aromatic carbocycles. The van der Waals surface area contributed by atoms with Crippen molar-refractivity contribution in [1.82, 2.24) is 0 Å². The van der Waals surface area contributed by atoms with Crippen LogP contribution >= 0.6 is 12.2 Å². The van der Waals surface area contributed by atoms with E-state index in [2.05, 4.69) is 0 Å². The van der Waals surface area contributed by atoms with Gasteiger partial charge in [0.05, 0.1) is 4.99 Å².